The maximum atomic E-state index is 12.2. The average Bonchev–Trinajstić information content (AvgIpc) is 2.49. The van der Waals surface area contributed by atoms with E-state index in [-0.39, 0.29) is 12.2 Å². The summed E-state index contributed by atoms with van der Waals surface area (Å²) < 4.78 is 5.63. The molecule has 0 fully saturated rings. The largest absolute Gasteiger partial charge is 0.478 e. The fraction of sp³-hybridized carbons (Fsp3) is 0.556. The fourth-order valence-corrected chi connectivity index (χ4v) is 3.04. The van der Waals surface area contributed by atoms with Gasteiger partial charge in [-0.25, -0.2) is 4.79 Å². The van der Waals surface area contributed by atoms with Gasteiger partial charge in [0, 0.05) is 18.9 Å². The van der Waals surface area contributed by atoms with Gasteiger partial charge in [-0.3, -0.25) is 4.79 Å². The molecule has 0 aromatic rings. The van der Waals surface area contributed by atoms with E-state index in [1.54, 1.807) is 6.08 Å². The van der Waals surface area contributed by atoms with Crippen LogP contribution < -0.4 is 0 Å². The van der Waals surface area contributed by atoms with Crippen molar-refractivity contribution in [1.82, 2.24) is 0 Å². The van der Waals surface area contributed by atoms with Crippen molar-refractivity contribution in [3.05, 3.63) is 35.6 Å². The Kier molecular flexibility index (Phi) is 6.34. The zero-order valence-electron chi connectivity index (χ0n) is 13.6. The number of aliphatic hydroxyl groups excluding tert-OH is 1. The third-order valence-corrected chi connectivity index (χ3v) is 4.19. The van der Waals surface area contributed by atoms with Crippen molar-refractivity contribution < 1.29 is 29.6 Å². The highest BCUT2D eigenvalue weighted by atomic mass is 16.6. The molecule has 1 aliphatic heterocycles. The predicted molar refractivity (Wildman–Crippen MR) is 86.9 cm³/mol. The lowest BCUT2D eigenvalue weighted by Crippen LogP contribution is -2.42. The molecule has 6 heteroatoms. The van der Waals surface area contributed by atoms with Gasteiger partial charge >= 0.3 is 5.97 Å². The first kappa shape index (κ1) is 18.4. The summed E-state index contributed by atoms with van der Waals surface area (Å²) in [5.74, 6) is -2.24. The highest BCUT2D eigenvalue weighted by Gasteiger charge is 2.42. The third-order valence-electron chi connectivity index (χ3n) is 4.19. The maximum absolute atomic E-state index is 12.2. The van der Waals surface area contributed by atoms with Crippen LogP contribution in [0.4, 0.5) is 0 Å². The summed E-state index contributed by atoms with van der Waals surface area (Å²) in [7, 11) is 0. The summed E-state index contributed by atoms with van der Waals surface area (Å²) >= 11 is 0. The molecule has 0 aromatic carbocycles. The predicted octanol–water partition coefficient (Wildman–Crippen LogP) is 2.22. The summed E-state index contributed by atoms with van der Waals surface area (Å²) in [6.45, 7) is 0. The third kappa shape index (κ3) is 5.04. The number of rotatable bonds is 7. The Labute approximate surface area is 141 Å². The zero-order chi connectivity index (χ0) is 17.6. The first-order chi connectivity index (χ1) is 11.4. The molecule has 2 atom stereocenters. The molecule has 0 bridgehead atoms. The number of aliphatic carboxylic acids is 1. The minimum atomic E-state index is -1.50. The van der Waals surface area contributed by atoms with Gasteiger partial charge in [-0.2, -0.15) is 0 Å². The van der Waals surface area contributed by atoms with Crippen LogP contribution in [0.1, 0.15) is 51.4 Å². The Morgan fingerprint density at radius 1 is 1.25 bits per heavy atom. The summed E-state index contributed by atoms with van der Waals surface area (Å²) in [4.78, 5) is 22.5. The molecule has 6 nitrogen and oxygen atoms in total. The van der Waals surface area contributed by atoms with Gasteiger partial charge in [0.1, 0.15) is 5.76 Å². The molecule has 1 aliphatic carbocycles. The number of carboxylic acids is 1. The van der Waals surface area contributed by atoms with Crippen LogP contribution in [0.25, 0.3) is 0 Å². The zero-order valence-corrected chi connectivity index (χ0v) is 13.6. The number of Topliss-reactive ketones (excluding diaryl/α,β-unsaturated/α-hetero) is 1. The molecular weight excluding hydrogens is 312 g/mol. The summed E-state index contributed by atoms with van der Waals surface area (Å²) in [6, 6.07) is 0. The van der Waals surface area contributed by atoms with Crippen molar-refractivity contribution in [1.29, 1.82) is 0 Å². The molecule has 0 amide bonds. The van der Waals surface area contributed by atoms with Crippen LogP contribution in [-0.4, -0.2) is 39.0 Å². The van der Waals surface area contributed by atoms with E-state index in [1.165, 1.54) is 0 Å². The number of aliphatic hydroxyl groups is 2. The van der Waals surface area contributed by atoms with E-state index in [4.69, 9.17) is 9.84 Å². The molecule has 0 aromatic heterocycles. The van der Waals surface area contributed by atoms with E-state index in [9.17, 15) is 19.8 Å². The Bertz CT molecular complexity index is 574. The monoisotopic (exact) mass is 336 g/mol. The number of ether oxygens (including phenoxy) is 1. The standard InChI is InChI=1S/C18H24O6/c19-13-8-7-9-15-17(13)14(20)12-18(23,24-15)11-6-4-2-1-3-5-10-16(21)22/h2,4-5,10,13,19,23H,1,3,6-9,11-12H2,(H,21,22)/b4-2+,10-5+/t13-,18-/m1/s1. The van der Waals surface area contributed by atoms with Crippen molar-refractivity contribution in [2.45, 2.75) is 63.3 Å². The lowest BCUT2D eigenvalue weighted by Gasteiger charge is -2.37. The molecule has 0 radical (unpaired) electrons. The number of carboxylic acid groups (broad SMARTS) is 1. The lowest BCUT2D eigenvalue weighted by molar-refractivity contribution is -0.197. The van der Waals surface area contributed by atoms with Gasteiger partial charge in [-0.1, -0.05) is 18.2 Å². The van der Waals surface area contributed by atoms with Crippen LogP contribution in [0.3, 0.4) is 0 Å². The van der Waals surface area contributed by atoms with Crippen LogP contribution in [0.15, 0.2) is 35.6 Å². The second kappa shape index (κ2) is 8.26. The average molecular weight is 336 g/mol. The van der Waals surface area contributed by atoms with E-state index < -0.39 is 17.9 Å². The van der Waals surface area contributed by atoms with Gasteiger partial charge in [-0.05, 0) is 32.1 Å². The Morgan fingerprint density at radius 2 is 1.96 bits per heavy atom. The molecule has 0 saturated heterocycles. The summed E-state index contributed by atoms with van der Waals surface area (Å²) in [6.07, 6.45) is 9.68. The molecule has 0 unspecified atom stereocenters. The first-order valence-electron chi connectivity index (χ1n) is 8.31. The first-order valence-corrected chi connectivity index (χ1v) is 8.31. The van der Waals surface area contributed by atoms with Crippen molar-refractivity contribution >= 4 is 11.8 Å². The van der Waals surface area contributed by atoms with Gasteiger partial charge in [0.2, 0.25) is 5.79 Å². The van der Waals surface area contributed by atoms with Crippen molar-refractivity contribution in [2.75, 3.05) is 0 Å². The Hall–Kier alpha value is -1.92. The topological polar surface area (TPSA) is 104 Å². The SMILES string of the molecule is O=C(O)/C=C/CC/C=C/CC[C@]1(O)CC(=O)C2=C(CCC[C@H]2O)O1. The van der Waals surface area contributed by atoms with E-state index in [2.05, 4.69) is 0 Å². The van der Waals surface area contributed by atoms with Gasteiger partial charge < -0.3 is 20.1 Å². The normalized spacial score (nSPS) is 27.6. The van der Waals surface area contributed by atoms with Gasteiger partial charge in [-0.15, -0.1) is 0 Å². The number of allylic oxidation sites excluding steroid dienone is 4. The second-order valence-corrected chi connectivity index (χ2v) is 6.22. The number of hydrogen-bond acceptors (Lipinski definition) is 5. The Morgan fingerprint density at radius 3 is 2.71 bits per heavy atom. The van der Waals surface area contributed by atoms with Gasteiger partial charge in [0.05, 0.1) is 18.1 Å². The molecule has 2 rings (SSSR count). The van der Waals surface area contributed by atoms with Gasteiger partial charge in [0.25, 0.3) is 0 Å². The maximum Gasteiger partial charge on any atom is 0.327 e. The van der Waals surface area contributed by atoms with Crippen molar-refractivity contribution in [2.24, 2.45) is 0 Å². The second-order valence-electron chi connectivity index (χ2n) is 6.22. The van der Waals surface area contributed by atoms with Crippen LogP contribution in [0, 0.1) is 0 Å². The Balaban J connectivity index is 1.81. The number of ketones is 1. The van der Waals surface area contributed by atoms with Crippen molar-refractivity contribution in [3.63, 3.8) is 0 Å². The molecular formula is C18H24O6. The van der Waals surface area contributed by atoms with E-state index in [0.717, 1.165) is 12.5 Å². The van der Waals surface area contributed by atoms with Crippen LogP contribution in [-0.2, 0) is 14.3 Å². The summed E-state index contributed by atoms with van der Waals surface area (Å²) in [5, 5.41) is 28.9. The number of unbranched alkanes of at least 4 members (excludes halogenated alkanes) is 1. The van der Waals surface area contributed by atoms with Crippen molar-refractivity contribution in [3.8, 4) is 0 Å². The van der Waals surface area contributed by atoms with Crippen LogP contribution in [0.2, 0.25) is 0 Å². The number of carbonyl (C=O) groups is 2. The van der Waals surface area contributed by atoms with E-state index >= 15 is 0 Å². The fourth-order valence-electron chi connectivity index (χ4n) is 3.04. The number of carbonyl (C=O) groups excluding carboxylic acids is 1. The molecule has 1 heterocycles. The minimum Gasteiger partial charge on any atom is -0.478 e. The minimum absolute atomic E-state index is 0.127. The highest BCUT2D eigenvalue weighted by molar-refractivity contribution is 5.98. The molecule has 0 spiro atoms. The lowest BCUT2D eigenvalue weighted by atomic mass is 9.86. The van der Waals surface area contributed by atoms with Crippen LogP contribution >= 0.6 is 0 Å². The quantitative estimate of drug-likeness (QED) is 0.374. The molecule has 3 N–H and O–H groups in total. The molecule has 0 saturated carbocycles. The number of hydrogen-bond donors (Lipinski definition) is 3. The van der Waals surface area contributed by atoms with E-state index in [1.807, 2.05) is 12.2 Å². The highest BCUT2D eigenvalue weighted by Crippen LogP contribution is 2.38. The van der Waals surface area contributed by atoms with Crippen LogP contribution in [0.5, 0.6) is 0 Å². The van der Waals surface area contributed by atoms with E-state index in [0.29, 0.717) is 49.9 Å². The smallest absolute Gasteiger partial charge is 0.327 e. The molecule has 132 valence electrons. The van der Waals surface area contributed by atoms with Gasteiger partial charge in [0.15, 0.2) is 5.78 Å². The molecule has 24 heavy (non-hydrogen) atoms. The molecule has 2 aliphatic rings. The summed E-state index contributed by atoms with van der Waals surface area (Å²) in [5.41, 5.74) is 0.340.